The summed E-state index contributed by atoms with van der Waals surface area (Å²) in [4.78, 5) is 21.8. The van der Waals surface area contributed by atoms with Gasteiger partial charge in [-0.2, -0.15) is 0 Å². The van der Waals surface area contributed by atoms with E-state index in [1.165, 1.54) is 12.1 Å². The quantitative estimate of drug-likeness (QED) is 0.602. The molecule has 0 bridgehead atoms. The number of nitrogens with one attached hydrogen (secondary N) is 1. The van der Waals surface area contributed by atoms with E-state index in [9.17, 15) is 14.9 Å². The van der Waals surface area contributed by atoms with Gasteiger partial charge in [-0.1, -0.05) is 26.0 Å². The number of carbonyl (C=O) groups is 1. The zero-order valence-electron chi connectivity index (χ0n) is 11.1. The second kappa shape index (κ2) is 6.84. The van der Waals surface area contributed by atoms with Crippen molar-refractivity contribution in [3.8, 4) is 0 Å². The van der Waals surface area contributed by atoms with Gasteiger partial charge in [0.1, 0.15) is 0 Å². The van der Waals surface area contributed by atoms with Crippen molar-refractivity contribution < 1.29 is 9.72 Å². The highest BCUT2D eigenvalue weighted by atomic mass is 16.6. The molecule has 3 N–H and O–H groups in total. The second-order valence-corrected chi connectivity index (χ2v) is 4.82. The summed E-state index contributed by atoms with van der Waals surface area (Å²) in [5.74, 6) is 0.0938. The maximum atomic E-state index is 11.6. The summed E-state index contributed by atoms with van der Waals surface area (Å²) in [5, 5.41) is 13.3. The molecule has 1 aromatic carbocycles. The fourth-order valence-electron chi connectivity index (χ4n) is 1.50. The zero-order chi connectivity index (χ0) is 14.4. The SMILES string of the molecule is CC(C)C(N)CC(=O)NCc1cccc([N+](=O)[O-])c1. The summed E-state index contributed by atoms with van der Waals surface area (Å²) in [6.07, 6.45) is 0.257. The van der Waals surface area contributed by atoms with Crippen LogP contribution in [-0.4, -0.2) is 16.9 Å². The number of amides is 1. The first-order valence-corrected chi connectivity index (χ1v) is 6.15. The van der Waals surface area contributed by atoms with E-state index in [0.717, 1.165) is 0 Å². The molecule has 19 heavy (non-hydrogen) atoms. The van der Waals surface area contributed by atoms with Crippen LogP contribution in [0.5, 0.6) is 0 Å². The first-order chi connectivity index (χ1) is 8.90. The Labute approximate surface area is 112 Å². The van der Waals surface area contributed by atoms with E-state index >= 15 is 0 Å². The molecule has 1 atom stereocenters. The summed E-state index contributed by atoms with van der Waals surface area (Å²) in [7, 11) is 0. The molecule has 1 amide bonds. The van der Waals surface area contributed by atoms with Gasteiger partial charge in [0.15, 0.2) is 0 Å². The molecular formula is C13H19N3O3. The Hall–Kier alpha value is -1.95. The molecule has 1 rings (SSSR count). The number of nitrogens with two attached hydrogens (primary N) is 1. The molecule has 0 saturated carbocycles. The average Bonchev–Trinajstić information content (AvgIpc) is 2.36. The largest absolute Gasteiger partial charge is 0.352 e. The van der Waals surface area contributed by atoms with Crippen molar-refractivity contribution in [3.63, 3.8) is 0 Å². The number of hydrogen-bond donors (Lipinski definition) is 2. The van der Waals surface area contributed by atoms with Gasteiger partial charge in [-0.3, -0.25) is 14.9 Å². The summed E-state index contributed by atoms with van der Waals surface area (Å²) in [5.41, 5.74) is 6.51. The number of hydrogen-bond acceptors (Lipinski definition) is 4. The van der Waals surface area contributed by atoms with E-state index in [1.807, 2.05) is 13.8 Å². The van der Waals surface area contributed by atoms with Crippen LogP contribution in [-0.2, 0) is 11.3 Å². The highest BCUT2D eigenvalue weighted by Gasteiger charge is 2.13. The van der Waals surface area contributed by atoms with Crippen LogP contribution in [0.25, 0.3) is 0 Å². The van der Waals surface area contributed by atoms with Crippen molar-refractivity contribution in [1.29, 1.82) is 0 Å². The van der Waals surface area contributed by atoms with E-state index in [0.29, 0.717) is 5.56 Å². The molecular weight excluding hydrogens is 246 g/mol. The molecule has 0 radical (unpaired) electrons. The maximum Gasteiger partial charge on any atom is 0.269 e. The van der Waals surface area contributed by atoms with Gasteiger partial charge in [-0.05, 0) is 11.5 Å². The van der Waals surface area contributed by atoms with Gasteiger partial charge in [0.25, 0.3) is 5.69 Å². The van der Waals surface area contributed by atoms with Crippen LogP contribution in [0.1, 0.15) is 25.8 Å². The lowest BCUT2D eigenvalue weighted by molar-refractivity contribution is -0.384. The monoisotopic (exact) mass is 265 g/mol. The normalized spacial score (nSPS) is 12.2. The molecule has 0 spiro atoms. The first-order valence-electron chi connectivity index (χ1n) is 6.15. The van der Waals surface area contributed by atoms with Crippen LogP contribution in [0.2, 0.25) is 0 Å². The highest BCUT2D eigenvalue weighted by Crippen LogP contribution is 2.12. The Morgan fingerprint density at radius 3 is 2.74 bits per heavy atom. The Morgan fingerprint density at radius 2 is 2.16 bits per heavy atom. The van der Waals surface area contributed by atoms with Gasteiger partial charge in [-0.25, -0.2) is 0 Å². The van der Waals surface area contributed by atoms with E-state index in [2.05, 4.69) is 5.32 Å². The van der Waals surface area contributed by atoms with Crippen molar-refractivity contribution in [3.05, 3.63) is 39.9 Å². The van der Waals surface area contributed by atoms with Crippen LogP contribution in [0, 0.1) is 16.0 Å². The lowest BCUT2D eigenvalue weighted by Crippen LogP contribution is -2.34. The zero-order valence-corrected chi connectivity index (χ0v) is 11.1. The van der Waals surface area contributed by atoms with E-state index in [4.69, 9.17) is 5.73 Å². The fraction of sp³-hybridized carbons (Fsp3) is 0.462. The lowest BCUT2D eigenvalue weighted by atomic mass is 10.0. The number of benzene rings is 1. The molecule has 0 saturated heterocycles. The standard InChI is InChI=1S/C13H19N3O3/c1-9(2)12(14)7-13(17)15-8-10-4-3-5-11(6-10)16(18)19/h3-6,9,12H,7-8,14H2,1-2H3,(H,15,17). The predicted octanol–water partition coefficient (Wildman–Crippen LogP) is 1.58. The average molecular weight is 265 g/mol. The molecule has 1 unspecified atom stereocenters. The number of nitro groups is 1. The summed E-state index contributed by atoms with van der Waals surface area (Å²) < 4.78 is 0. The second-order valence-electron chi connectivity index (χ2n) is 4.82. The van der Waals surface area contributed by atoms with Gasteiger partial charge in [0.05, 0.1) is 4.92 Å². The number of non-ortho nitro benzene ring substituents is 1. The van der Waals surface area contributed by atoms with E-state index < -0.39 is 4.92 Å². The van der Waals surface area contributed by atoms with Crippen LogP contribution in [0.4, 0.5) is 5.69 Å². The van der Waals surface area contributed by atoms with Crippen molar-refractivity contribution in [2.75, 3.05) is 0 Å². The van der Waals surface area contributed by atoms with Gasteiger partial charge >= 0.3 is 0 Å². The number of rotatable bonds is 6. The fourth-order valence-corrected chi connectivity index (χ4v) is 1.50. The molecule has 1 aromatic rings. The molecule has 0 aliphatic carbocycles. The molecule has 0 aromatic heterocycles. The van der Waals surface area contributed by atoms with E-state index in [1.54, 1.807) is 12.1 Å². The van der Waals surface area contributed by atoms with Gasteiger partial charge in [-0.15, -0.1) is 0 Å². The van der Waals surface area contributed by atoms with Gasteiger partial charge in [0.2, 0.25) is 5.91 Å². The summed E-state index contributed by atoms with van der Waals surface area (Å²) >= 11 is 0. The van der Waals surface area contributed by atoms with Crippen LogP contribution in [0.3, 0.4) is 0 Å². The maximum absolute atomic E-state index is 11.6. The number of nitrogens with zero attached hydrogens (tertiary/aromatic N) is 1. The molecule has 0 fully saturated rings. The first kappa shape index (κ1) is 15.1. The lowest BCUT2D eigenvalue weighted by Gasteiger charge is -2.14. The van der Waals surface area contributed by atoms with Crippen molar-refractivity contribution >= 4 is 11.6 Å². The minimum Gasteiger partial charge on any atom is -0.352 e. The van der Waals surface area contributed by atoms with Gasteiger partial charge < -0.3 is 11.1 Å². The number of carbonyl (C=O) groups excluding carboxylic acids is 1. The third kappa shape index (κ3) is 5.05. The van der Waals surface area contributed by atoms with Crippen molar-refractivity contribution in [2.45, 2.75) is 32.9 Å². The highest BCUT2D eigenvalue weighted by molar-refractivity contribution is 5.76. The minimum absolute atomic E-state index is 0.0191. The van der Waals surface area contributed by atoms with E-state index in [-0.39, 0.29) is 36.5 Å². The Morgan fingerprint density at radius 1 is 1.47 bits per heavy atom. The molecule has 0 aliphatic rings. The van der Waals surface area contributed by atoms with Crippen LogP contribution in [0.15, 0.2) is 24.3 Å². The van der Waals surface area contributed by atoms with Crippen LogP contribution < -0.4 is 11.1 Å². The Bertz CT molecular complexity index is 460. The summed E-state index contributed by atoms with van der Waals surface area (Å²) in [6, 6.07) is 6.02. The molecule has 0 aliphatic heterocycles. The third-order valence-electron chi connectivity index (χ3n) is 2.89. The third-order valence-corrected chi connectivity index (χ3v) is 2.89. The van der Waals surface area contributed by atoms with Crippen molar-refractivity contribution in [1.82, 2.24) is 5.32 Å². The summed E-state index contributed by atoms with van der Waals surface area (Å²) in [6.45, 7) is 4.18. The molecule has 104 valence electrons. The van der Waals surface area contributed by atoms with Gasteiger partial charge in [0, 0.05) is 31.1 Å². The smallest absolute Gasteiger partial charge is 0.269 e. The number of nitro benzene ring substituents is 1. The molecule has 6 heteroatoms. The molecule has 0 heterocycles. The topological polar surface area (TPSA) is 98.3 Å². The molecule has 6 nitrogen and oxygen atoms in total. The Balaban J connectivity index is 2.50. The minimum atomic E-state index is -0.458. The predicted molar refractivity (Wildman–Crippen MR) is 72.4 cm³/mol. The van der Waals surface area contributed by atoms with Crippen LogP contribution >= 0.6 is 0 Å². The Kier molecular flexibility index (Phi) is 5.44. The van der Waals surface area contributed by atoms with Crippen molar-refractivity contribution in [2.24, 2.45) is 11.7 Å².